The molecule has 0 aliphatic heterocycles. The number of carbonyl (C=O) groups is 1. The molecule has 8 heteroatoms. The Morgan fingerprint density at radius 3 is 2.12 bits per heavy atom. The van der Waals surface area contributed by atoms with E-state index in [0.717, 1.165) is 0 Å². The standard InChI is InChI=1S/C17H28N2O5S/c1-12(2)19(13(3)4)25(21,22)10-9-18-17(20)14-7-8-15(23-5)16(11-14)24-6/h7-8,11-13H,9-10H2,1-6H3,(H,18,20). The van der Waals surface area contributed by atoms with E-state index in [9.17, 15) is 13.2 Å². The lowest BCUT2D eigenvalue weighted by Gasteiger charge is -2.29. The van der Waals surface area contributed by atoms with Crippen molar-refractivity contribution >= 4 is 15.9 Å². The van der Waals surface area contributed by atoms with Gasteiger partial charge in [0.1, 0.15) is 0 Å². The third-order valence-electron chi connectivity index (χ3n) is 3.63. The molecule has 1 rings (SSSR count). The van der Waals surface area contributed by atoms with E-state index in [0.29, 0.717) is 17.1 Å². The van der Waals surface area contributed by atoms with Gasteiger partial charge in [-0.1, -0.05) is 0 Å². The van der Waals surface area contributed by atoms with Crippen LogP contribution in [0.3, 0.4) is 0 Å². The zero-order valence-corrected chi connectivity index (χ0v) is 16.5. The summed E-state index contributed by atoms with van der Waals surface area (Å²) in [5, 5.41) is 2.64. The van der Waals surface area contributed by atoms with E-state index in [2.05, 4.69) is 5.32 Å². The highest BCUT2D eigenvalue weighted by Crippen LogP contribution is 2.27. The largest absolute Gasteiger partial charge is 0.493 e. The first-order valence-corrected chi connectivity index (χ1v) is 9.76. The maximum Gasteiger partial charge on any atom is 0.251 e. The molecule has 0 unspecified atom stereocenters. The van der Waals surface area contributed by atoms with Crippen molar-refractivity contribution in [1.29, 1.82) is 0 Å². The molecule has 0 saturated carbocycles. The van der Waals surface area contributed by atoms with Gasteiger partial charge in [-0.3, -0.25) is 4.79 Å². The van der Waals surface area contributed by atoms with Gasteiger partial charge in [0, 0.05) is 24.2 Å². The van der Waals surface area contributed by atoms with Crippen LogP contribution in [0, 0.1) is 0 Å². The molecule has 1 aromatic rings. The van der Waals surface area contributed by atoms with Crippen LogP contribution in [0.15, 0.2) is 18.2 Å². The quantitative estimate of drug-likeness (QED) is 0.715. The van der Waals surface area contributed by atoms with E-state index in [1.54, 1.807) is 18.2 Å². The molecule has 142 valence electrons. The van der Waals surface area contributed by atoms with Crippen molar-refractivity contribution in [3.63, 3.8) is 0 Å². The minimum absolute atomic E-state index is 0.0332. The molecule has 0 heterocycles. The van der Waals surface area contributed by atoms with Crippen molar-refractivity contribution < 1.29 is 22.7 Å². The van der Waals surface area contributed by atoms with Gasteiger partial charge in [0.05, 0.1) is 20.0 Å². The maximum absolute atomic E-state index is 12.5. The van der Waals surface area contributed by atoms with Gasteiger partial charge >= 0.3 is 0 Å². The van der Waals surface area contributed by atoms with Crippen LogP contribution >= 0.6 is 0 Å². The summed E-state index contributed by atoms with van der Waals surface area (Å²) < 4.78 is 36.7. The number of benzene rings is 1. The first-order chi connectivity index (χ1) is 11.6. The Morgan fingerprint density at radius 2 is 1.64 bits per heavy atom. The third-order valence-corrected chi connectivity index (χ3v) is 5.84. The lowest BCUT2D eigenvalue weighted by molar-refractivity contribution is 0.0955. The van der Waals surface area contributed by atoms with E-state index in [-0.39, 0.29) is 30.3 Å². The summed E-state index contributed by atoms with van der Waals surface area (Å²) in [7, 11) is -0.452. The fourth-order valence-corrected chi connectivity index (χ4v) is 4.57. The van der Waals surface area contributed by atoms with Crippen LogP contribution in [0.4, 0.5) is 0 Å². The molecule has 7 nitrogen and oxygen atoms in total. The molecule has 1 N–H and O–H groups in total. The molecular weight excluding hydrogens is 344 g/mol. The van der Waals surface area contributed by atoms with Gasteiger partial charge in [0.25, 0.3) is 5.91 Å². The molecule has 1 aromatic carbocycles. The molecular formula is C17H28N2O5S. The zero-order chi connectivity index (χ0) is 19.2. The SMILES string of the molecule is COc1ccc(C(=O)NCCS(=O)(=O)N(C(C)C)C(C)C)cc1OC. The minimum Gasteiger partial charge on any atom is -0.493 e. The van der Waals surface area contributed by atoms with Gasteiger partial charge in [0.2, 0.25) is 10.0 Å². The van der Waals surface area contributed by atoms with Gasteiger partial charge in [-0.25, -0.2) is 8.42 Å². The summed E-state index contributed by atoms with van der Waals surface area (Å²) in [4.78, 5) is 12.2. The highest BCUT2D eigenvalue weighted by atomic mass is 32.2. The van der Waals surface area contributed by atoms with Gasteiger partial charge in [-0.15, -0.1) is 0 Å². The second-order valence-electron chi connectivity index (χ2n) is 6.16. The molecule has 1 amide bonds. The predicted octanol–water partition coefficient (Wildman–Crippen LogP) is 1.88. The monoisotopic (exact) mass is 372 g/mol. The second-order valence-corrected chi connectivity index (χ2v) is 8.15. The molecule has 0 aromatic heterocycles. The van der Waals surface area contributed by atoms with E-state index in [4.69, 9.17) is 9.47 Å². The summed E-state index contributed by atoms with van der Waals surface area (Å²) >= 11 is 0. The topological polar surface area (TPSA) is 84.9 Å². The van der Waals surface area contributed by atoms with Crippen LogP contribution in [0.5, 0.6) is 11.5 Å². The fraction of sp³-hybridized carbons (Fsp3) is 0.588. The van der Waals surface area contributed by atoms with Crippen LogP contribution in [-0.4, -0.2) is 57.2 Å². The summed E-state index contributed by atoms with van der Waals surface area (Å²) in [6.07, 6.45) is 0. The van der Waals surface area contributed by atoms with Gasteiger partial charge in [0.15, 0.2) is 11.5 Å². The fourth-order valence-electron chi connectivity index (χ4n) is 2.72. The van der Waals surface area contributed by atoms with Crippen molar-refractivity contribution in [2.45, 2.75) is 39.8 Å². The molecule has 0 fully saturated rings. The number of nitrogens with zero attached hydrogens (tertiary/aromatic N) is 1. The number of hydrogen-bond donors (Lipinski definition) is 1. The predicted molar refractivity (Wildman–Crippen MR) is 97.8 cm³/mol. The smallest absolute Gasteiger partial charge is 0.251 e. The molecule has 0 spiro atoms. The van der Waals surface area contributed by atoms with E-state index in [1.807, 2.05) is 27.7 Å². The third kappa shape index (κ3) is 5.61. The summed E-state index contributed by atoms with van der Waals surface area (Å²) in [6.45, 7) is 7.37. The Hall–Kier alpha value is -1.80. The number of methoxy groups -OCH3 is 2. The highest BCUT2D eigenvalue weighted by Gasteiger charge is 2.27. The van der Waals surface area contributed by atoms with Gasteiger partial charge in [-0.2, -0.15) is 4.31 Å². The van der Waals surface area contributed by atoms with Crippen molar-refractivity contribution in [2.24, 2.45) is 0 Å². The minimum atomic E-state index is -3.45. The number of amides is 1. The van der Waals surface area contributed by atoms with E-state index in [1.165, 1.54) is 18.5 Å². The number of sulfonamides is 1. The van der Waals surface area contributed by atoms with Crippen LogP contribution in [0.25, 0.3) is 0 Å². The molecule has 0 radical (unpaired) electrons. The number of rotatable bonds is 9. The number of hydrogen-bond acceptors (Lipinski definition) is 5. The average Bonchev–Trinajstić information content (AvgIpc) is 2.52. The first kappa shape index (κ1) is 21.2. The van der Waals surface area contributed by atoms with Crippen LogP contribution in [0.2, 0.25) is 0 Å². The number of ether oxygens (including phenoxy) is 2. The highest BCUT2D eigenvalue weighted by molar-refractivity contribution is 7.89. The van der Waals surface area contributed by atoms with Crippen molar-refractivity contribution in [1.82, 2.24) is 9.62 Å². The number of nitrogens with one attached hydrogen (secondary N) is 1. The first-order valence-electron chi connectivity index (χ1n) is 8.15. The Balaban J connectivity index is 2.74. The summed E-state index contributed by atoms with van der Waals surface area (Å²) in [6, 6.07) is 4.51. The van der Waals surface area contributed by atoms with Gasteiger partial charge in [-0.05, 0) is 45.9 Å². The molecule has 0 aliphatic rings. The lowest BCUT2D eigenvalue weighted by atomic mass is 10.2. The second kappa shape index (κ2) is 9.05. The van der Waals surface area contributed by atoms with Gasteiger partial charge < -0.3 is 14.8 Å². The van der Waals surface area contributed by atoms with Crippen LogP contribution in [0.1, 0.15) is 38.1 Å². The lowest BCUT2D eigenvalue weighted by Crippen LogP contribution is -2.45. The van der Waals surface area contributed by atoms with E-state index < -0.39 is 10.0 Å². The zero-order valence-electron chi connectivity index (χ0n) is 15.7. The normalized spacial score (nSPS) is 11.9. The molecule has 0 saturated heterocycles. The van der Waals surface area contributed by atoms with E-state index >= 15 is 0 Å². The number of carbonyl (C=O) groups excluding carboxylic acids is 1. The molecule has 0 aliphatic carbocycles. The Morgan fingerprint density at radius 1 is 1.08 bits per heavy atom. The summed E-state index contributed by atoms with van der Waals surface area (Å²) in [5.41, 5.74) is 0.375. The van der Waals surface area contributed by atoms with Crippen LogP contribution in [-0.2, 0) is 10.0 Å². The molecule has 0 bridgehead atoms. The average molecular weight is 372 g/mol. The van der Waals surface area contributed by atoms with Crippen LogP contribution < -0.4 is 14.8 Å². The Bertz CT molecular complexity index is 678. The molecule has 0 atom stereocenters. The maximum atomic E-state index is 12.5. The van der Waals surface area contributed by atoms with Crippen molar-refractivity contribution in [2.75, 3.05) is 26.5 Å². The Labute approximate surface area is 150 Å². The summed E-state index contributed by atoms with van der Waals surface area (Å²) in [5.74, 6) is 0.444. The van der Waals surface area contributed by atoms with Crippen molar-refractivity contribution in [3.8, 4) is 11.5 Å². The Kier molecular flexibility index (Phi) is 7.69. The molecule has 25 heavy (non-hydrogen) atoms. The van der Waals surface area contributed by atoms with Crippen molar-refractivity contribution in [3.05, 3.63) is 23.8 Å².